The number of ether oxygens (including phenoxy) is 5. The molecule has 0 fully saturated rings. The predicted molar refractivity (Wildman–Crippen MR) is 119 cm³/mol. The van der Waals surface area contributed by atoms with Crippen LogP contribution in [0.2, 0.25) is 0 Å². The standard InChI is InChI=1S/C24H46O5/c1-3-5-6-7-8-9-10-11-12-13-14-16-26-18-20-28-22-24-29-23-21-27-19-17-25-15-4-2/h2H,3,5-24H2,1H3. The Labute approximate surface area is 180 Å². The van der Waals surface area contributed by atoms with E-state index < -0.39 is 0 Å². The van der Waals surface area contributed by atoms with Gasteiger partial charge in [-0.3, -0.25) is 0 Å². The van der Waals surface area contributed by atoms with Crippen LogP contribution in [0.4, 0.5) is 0 Å². The molecule has 0 aromatic heterocycles. The van der Waals surface area contributed by atoms with Crippen LogP contribution in [0.3, 0.4) is 0 Å². The topological polar surface area (TPSA) is 46.2 Å². The molecule has 172 valence electrons. The third-order valence-corrected chi connectivity index (χ3v) is 4.57. The van der Waals surface area contributed by atoms with E-state index in [0.29, 0.717) is 59.5 Å². The van der Waals surface area contributed by atoms with Gasteiger partial charge in [0.05, 0.1) is 52.9 Å². The van der Waals surface area contributed by atoms with Gasteiger partial charge < -0.3 is 23.7 Å². The molecule has 0 heterocycles. The Hall–Kier alpha value is -0.640. The van der Waals surface area contributed by atoms with E-state index in [-0.39, 0.29) is 0 Å². The minimum Gasteiger partial charge on any atom is -0.379 e. The molecule has 0 N–H and O–H groups in total. The van der Waals surface area contributed by atoms with Gasteiger partial charge >= 0.3 is 0 Å². The second-order valence-electron chi connectivity index (χ2n) is 7.24. The SMILES string of the molecule is C#CCOCCOCCOCCOCCOCCCCCCCCCCCCC. The van der Waals surface area contributed by atoms with Gasteiger partial charge in [-0.1, -0.05) is 77.1 Å². The smallest absolute Gasteiger partial charge is 0.107 e. The molecular formula is C24H46O5. The molecule has 0 aliphatic carbocycles. The molecule has 0 aliphatic rings. The summed E-state index contributed by atoms with van der Waals surface area (Å²) in [4.78, 5) is 0. The van der Waals surface area contributed by atoms with Crippen LogP contribution in [0.25, 0.3) is 0 Å². The van der Waals surface area contributed by atoms with Crippen molar-refractivity contribution in [3.8, 4) is 12.3 Å². The Bertz CT molecular complexity index is 330. The van der Waals surface area contributed by atoms with Crippen LogP contribution in [0.1, 0.15) is 77.6 Å². The molecule has 0 aromatic rings. The van der Waals surface area contributed by atoms with E-state index in [1.807, 2.05) is 0 Å². The molecule has 0 saturated heterocycles. The van der Waals surface area contributed by atoms with Gasteiger partial charge in [0, 0.05) is 6.61 Å². The normalized spacial score (nSPS) is 11.0. The molecule has 0 radical (unpaired) electrons. The summed E-state index contributed by atoms with van der Waals surface area (Å²) in [6.45, 7) is 8.10. The molecule has 0 aliphatic heterocycles. The van der Waals surface area contributed by atoms with Crippen molar-refractivity contribution in [3.63, 3.8) is 0 Å². The van der Waals surface area contributed by atoms with E-state index >= 15 is 0 Å². The second kappa shape index (κ2) is 27.4. The summed E-state index contributed by atoms with van der Waals surface area (Å²) in [6.07, 6.45) is 20.0. The van der Waals surface area contributed by atoms with Gasteiger partial charge in [0.2, 0.25) is 0 Å². The molecule has 0 spiro atoms. The van der Waals surface area contributed by atoms with Crippen LogP contribution in [0, 0.1) is 12.3 Å². The summed E-state index contributed by atoms with van der Waals surface area (Å²) >= 11 is 0. The molecule has 0 amide bonds. The average Bonchev–Trinajstić information content (AvgIpc) is 2.74. The lowest BCUT2D eigenvalue weighted by molar-refractivity contribution is -0.00935. The first-order valence-electron chi connectivity index (χ1n) is 11.7. The zero-order valence-corrected chi connectivity index (χ0v) is 19.0. The molecule has 5 heteroatoms. The summed E-state index contributed by atoms with van der Waals surface area (Å²) in [5.41, 5.74) is 0. The van der Waals surface area contributed by atoms with E-state index in [4.69, 9.17) is 30.1 Å². The predicted octanol–water partition coefficient (Wildman–Crippen LogP) is 5.01. The van der Waals surface area contributed by atoms with E-state index in [1.54, 1.807) is 0 Å². The van der Waals surface area contributed by atoms with Crippen molar-refractivity contribution in [2.45, 2.75) is 77.6 Å². The number of hydrogen-bond donors (Lipinski definition) is 0. The van der Waals surface area contributed by atoms with Gasteiger partial charge in [-0.2, -0.15) is 0 Å². The van der Waals surface area contributed by atoms with Crippen LogP contribution >= 0.6 is 0 Å². The van der Waals surface area contributed by atoms with Crippen molar-refractivity contribution in [2.75, 3.05) is 66.1 Å². The van der Waals surface area contributed by atoms with Gasteiger partial charge in [0.1, 0.15) is 6.61 Å². The largest absolute Gasteiger partial charge is 0.379 e. The zero-order chi connectivity index (χ0) is 21.1. The quantitative estimate of drug-likeness (QED) is 0.155. The van der Waals surface area contributed by atoms with Crippen LogP contribution in [0.15, 0.2) is 0 Å². The van der Waals surface area contributed by atoms with Crippen LogP contribution in [-0.2, 0) is 23.7 Å². The summed E-state index contributed by atoms with van der Waals surface area (Å²) in [6, 6.07) is 0. The Morgan fingerprint density at radius 1 is 0.448 bits per heavy atom. The minimum absolute atomic E-state index is 0.334. The highest BCUT2D eigenvalue weighted by molar-refractivity contribution is 4.82. The minimum atomic E-state index is 0.334. The Balaban J connectivity index is 2.98. The van der Waals surface area contributed by atoms with Crippen molar-refractivity contribution < 1.29 is 23.7 Å². The lowest BCUT2D eigenvalue weighted by Gasteiger charge is -2.07. The van der Waals surface area contributed by atoms with E-state index in [2.05, 4.69) is 12.8 Å². The summed E-state index contributed by atoms with van der Waals surface area (Å²) in [5.74, 6) is 2.41. The van der Waals surface area contributed by atoms with Crippen LogP contribution in [-0.4, -0.2) is 66.1 Å². The number of hydrogen-bond acceptors (Lipinski definition) is 5. The molecule has 0 bridgehead atoms. The molecule has 29 heavy (non-hydrogen) atoms. The van der Waals surface area contributed by atoms with Crippen LogP contribution < -0.4 is 0 Å². The highest BCUT2D eigenvalue weighted by Gasteiger charge is 1.95. The fourth-order valence-electron chi connectivity index (χ4n) is 2.88. The van der Waals surface area contributed by atoms with Gasteiger partial charge in [0.25, 0.3) is 0 Å². The van der Waals surface area contributed by atoms with Crippen molar-refractivity contribution in [1.82, 2.24) is 0 Å². The van der Waals surface area contributed by atoms with Gasteiger partial charge in [-0.15, -0.1) is 6.42 Å². The maximum atomic E-state index is 5.61. The van der Waals surface area contributed by atoms with Crippen LogP contribution in [0.5, 0.6) is 0 Å². The maximum absolute atomic E-state index is 5.61. The lowest BCUT2D eigenvalue weighted by Crippen LogP contribution is -2.13. The first-order valence-corrected chi connectivity index (χ1v) is 11.7. The van der Waals surface area contributed by atoms with Gasteiger partial charge in [-0.25, -0.2) is 0 Å². The molecule has 0 saturated carbocycles. The Morgan fingerprint density at radius 3 is 1.21 bits per heavy atom. The van der Waals surface area contributed by atoms with Gasteiger partial charge in [0.15, 0.2) is 0 Å². The number of terminal acetylenes is 1. The maximum Gasteiger partial charge on any atom is 0.107 e. The van der Waals surface area contributed by atoms with E-state index in [9.17, 15) is 0 Å². The second-order valence-corrected chi connectivity index (χ2v) is 7.24. The summed E-state index contributed by atoms with van der Waals surface area (Å²) in [5, 5.41) is 0. The summed E-state index contributed by atoms with van der Waals surface area (Å²) in [7, 11) is 0. The molecule has 0 atom stereocenters. The molecule has 0 rings (SSSR count). The van der Waals surface area contributed by atoms with Gasteiger partial charge in [-0.05, 0) is 6.42 Å². The lowest BCUT2D eigenvalue weighted by atomic mass is 10.1. The monoisotopic (exact) mass is 414 g/mol. The van der Waals surface area contributed by atoms with Crippen molar-refractivity contribution in [1.29, 1.82) is 0 Å². The first-order chi connectivity index (χ1) is 14.4. The molecule has 0 aromatic carbocycles. The van der Waals surface area contributed by atoms with Crippen molar-refractivity contribution in [2.24, 2.45) is 0 Å². The fraction of sp³-hybridized carbons (Fsp3) is 0.917. The summed E-state index contributed by atoms with van der Waals surface area (Å²) < 4.78 is 26.9. The molecular weight excluding hydrogens is 368 g/mol. The average molecular weight is 415 g/mol. The first kappa shape index (κ1) is 28.4. The third-order valence-electron chi connectivity index (χ3n) is 4.57. The molecule has 5 nitrogen and oxygen atoms in total. The highest BCUT2D eigenvalue weighted by atomic mass is 16.6. The fourth-order valence-corrected chi connectivity index (χ4v) is 2.88. The van der Waals surface area contributed by atoms with E-state index in [0.717, 1.165) is 13.0 Å². The number of unbranched alkanes of at least 4 members (excludes halogenated alkanes) is 10. The Kier molecular flexibility index (Phi) is 26.8. The molecule has 0 unspecified atom stereocenters. The van der Waals surface area contributed by atoms with E-state index in [1.165, 1.54) is 64.2 Å². The van der Waals surface area contributed by atoms with Crippen molar-refractivity contribution >= 4 is 0 Å². The van der Waals surface area contributed by atoms with Crippen molar-refractivity contribution in [3.05, 3.63) is 0 Å². The highest BCUT2D eigenvalue weighted by Crippen LogP contribution is 2.11. The number of rotatable bonds is 25. The Morgan fingerprint density at radius 2 is 0.793 bits per heavy atom. The third kappa shape index (κ3) is 27.4. The zero-order valence-electron chi connectivity index (χ0n) is 19.0.